The summed E-state index contributed by atoms with van der Waals surface area (Å²) in [5.74, 6) is -1.34. The van der Waals surface area contributed by atoms with Crippen LogP contribution in [0.5, 0.6) is 0 Å². The molecule has 1 heterocycles. The summed E-state index contributed by atoms with van der Waals surface area (Å²) in [5.41, 5.74) is 0. The summed E-state index contributed by atoms with van der Waals surface area (Å²) >= 11 is 1.48. The number of hydrogen-bond acceptors (Lipinski definition) is 5. The SMILES string of the molecule is COC(=O)C(C)[C@H](C[N+](=O)[O-])c1ccc(C)s1. The van der Waals surface area contributed by atoms with Gasteiger partial charge in [-0.25, -0.2) is 0 Å². The molecule has 1 unspecified atom stereocenters. The van der Waals surface area contributed by atoms with E-state index in [9.17, 15) is 14.9 Å². The molecule has 0 bridgehead atoms. The van der Waals surface area contributed by atoms with Crippen molar-refractivity contribution in [2.75, 3.05) is 13.7 Å². The summed E-state index contributed by atoms with van der Waals surface area (Å²) in [6, 6.07) is 3.74. The molecule has 6 heteroatoms. The number of esters is 1. The Kier molecular flexibility index (Phi) is 4.62. The zero-order valence-electron chi connectivity index (χ0n) is 10.0. The molecular weight excluding hydrogens is 242 g/mol. The van der Waals surface area contributed by atoms with Gasteiger partial charge in [0.05, 0.1) is 18.9 Å². The van der Waals surface area contributed by atoms with Crippen molar-refractivity contribution in [1.82, 2.24) is 0 Å². The maximum Gasteiger partial charge on any atom is 0.309 e. The molecule has 94 valence electrons. The summed E-state index contributed by atoms with van der Waals surface area (Å²) in [6.07, 6.45) is 0. The molecule has 2 atom stereocenters. The minimum atomic E-state index is -0.511. The first-order valence-corrected chi connectivity index (χ1v) is 6.03. The van der Waals surface area contributed by atoms with Crippen molar-refractivity contribution in [3.05, 3.63) is 32.0 Å². The maximum absolute atomic E-state index is 11.5. The van der Waals surface area contributed by atoms with Crippen LogP contribution in [0.25, 0.3) is 0 Å². The highest BCUT2D eigenvalue weighted by Crippen LogP contribution is 2.31. The van der Waals surface area contributed by atoms with E-state index >= 15 is 0 Å². The van der Waals surface area contributed by atoms with Crippen molar-refractivity contribution in [2.24, 2.45) is 5.92 Å². The number of aryl methyl sites for hydroxylation is 1. The van der Waals surface area contributed by atoms with Gasteiger partial charge in [-0.1, -0.05) is 6.92 Å². The molecule has 5 nitrogen and oxygen atoms in total. The smallest absolute Gasteiger partial charge is 0.309 e. The predicted octanol–water partition coefficient (Wildman–Crippen LogP) is 2.23. The fraction of sp³-hybridized carbons (Fsp3) is 0.545. The third-order valence-electron chi connectivity index (χ3n) is 2.65. The van der Waals surface area contributed by atoms with Gasteiger partial charge in [0.1, 0.15) is 0 Å². The predicted molar refractivity (Wildman–Crippen MR) is 64.8 cm³/mol. The van der Waals surface area contributed by atoms with E-state index < -0.39 is 17.8 Å². The van der Waals surface area contributed by atoms with Gasteiger partial charge < -0.3 is 4.74 Å². The van der Waals surface area contributed by atoms with E-state index in [2.05, 4.69) is 4.74 Å². The first-order chi connectivity index (χ1) is 7.95. The molecule has 1 aromatic rings. The Bertz CT molecular complexity index is 415. The van der Waals surface area contributed by atoms with E-state index in [4.69, 9.17) is 0 Å². The average Bonchev–Trinajstić information content (AvgIpc) is 2.70. The van der Waals surface area contributed by atoms with E-state index in [-0.39, 0.29) is 11.5 Å². The molecule has 1 aromatic heterocycles. The monoisotopic (exact) mass is 257 g/mol. The topological polar surface area (TPSA) is 69.4 Å². The molecule has 0 aliphatic heterocycles. The van der Waals surface area contributed by atoms with E-state index in [0.29, 0.717) is 0 Å². The Morgan fingerprint density at radius 2 is 2.24 bits per heavy atom. The second-order valence-corrected chi connectivity index (χ2v) is 5.20. The Morgan fingerprint density at radius 3 is 2.65 bits per heavy atom. The van der Waals surface area contributed by atoms with Gasteiger partial charge in [0, 0.05) is 14.7 Å². The lowest BCUT2D eigenvalue weighted by Gasteiger charge is -2.17. The molecule has 0 fully saturated rings. The Balaban J connectivity index is 2.95. The molecule has 0 aliphatic carbocycles. The largest absolute Gasteiger partial charge is 0.469 e. The number of methoxy groups -OCH3 is 1. The molecule has 0 aromatic carbocycles. The van der Waals surface area contributed by atoms with Gasteiger partial charge in [0.25, 0.3) is 0 Å². The number of ether oxygens (including phenoxy) is 1. The normalized spacial score (nSPS) is 14.1. The van der Waals surface area contributed by atoms with Crippen LogP contribution in [0.1, 0.15) is 22.6 Å². The van der Waals surface area contributed by atoms with Crippen molar-refractivity contribution in [2.45, 2.75) is 19.8 Å². The van der Waals surface area contributed by atoms with Crippen LogP contribution in [0.2, 0.25) is 0 Å². The number of nitrogens with zero attached hydrogens (tertiary/aromatic N) is 1. The van der Waals surface area contributed by atoms with Crippen LogP contribution in [0.4, 0.5) is 0 Å². The van der Waals surface area contributed by atoms with E-state index in [1.165, 1.54) is 18.4 Å². The zero-order chi connectivity index (χ0) is 13.0. The van der Waals surface area contributed by atoms with Crippen molar-refractivity contribution in [3.8, 4) is 0 Å². The third kappa shape index (κ3) is 3.52. The van der Waals surface area contributed by atoms with Gasteiger partial charge in [-0.2, -0.15) is 0 Å². The lowest BCUT2D eigenvalue weighted by atomic mass is 9.92. The van der Waals surface area contributed by atoms with Crippen LogP contribution >= 0.6 is 11.3 Å². The van der Waals surface area contributed by atoms with Gasteiger partial charge >= 0.3 is 5.97 Å². The maximum atomic E-state index is 11.5. The van der Waals surface area contributed by atoms with Crippen molar-refractivity contribution in [1.29, 1.82) is 0 Å². The van der Waals surface area contributed by atoms with Gasteiger partial charge in [-0.3, -0.25) is 14.9 Å². The molecule has 0 aliphatic rings. The molecule has 1 rings (SSSR count). The van der Waals surface area contributed by atoms with E-state index in [0.717, 1.165) is 9.75 Å². The summed E-state index contributed by atoms with van der Waals surface area (Å²) in [7, 11) is 1.29. The summed E-state index contributed by atoms with van der Waals surface area (Å²) in [6.45, 7) is 3.34. The van der Waals surface area contributed by atoms with E-state index in [1.54, 1.807) is 6.92 Å². The highest BCUT2D eigenvalue weighted by molar-refractivity contribution is 7.12. The first kappa shape index (κ1) is 13.6. The Morgan fingerprint density at radius 1 is 1.59 bits per heavy atom. The van der Waals surface area contributed by atoms with Crippen molar-refractivity contribution >= 4 is 17.3 Å². The lowest BCUT2D eigenvalue weighted by Crippen LogP contribution is -2.25. The summed E-state index contributed by atoms with van der Waals surface area (Å²) in [4.78, 5) is 23.7. The number of nitro groups is 1. The minimum Gasteiger partial charge on any atom is -0.469 e. The van der Waals surface area contributed by atoms with Crippen LogP contribution in [0.3, 0.4) is 0 Å². The Labute approximate surface area is 104 Å². The third-order valence-corrected chi connectivity index (χ3v) is 3.78. The summed E-state index contributed by atoms with van der Waals surface area (Å²) < 4.78 is 4.65. The highest BCUT2D eigenvalue weighted by Gasteiger charge is 2.31. The number of carbonyl (C=O) groups excluding carboxylic acids is 1. The number of rotatable bonds is 5. The molecule has 0 saturated carbocycles. The highest BCUT2D eigenvalue weighted by atomic mass is 32.1. The van der Waals surface area contributed by atoms with Crippen molar-refractivity contribution < 1.29 is 14.5 Å². The van der Waals surface area contributed by atoms with Gasteiger partial charge in [-0.15, -0.1) is 11.3 Å². The molecule has 0 amide bonds. The van der Waals surface area contributed by atoms with Gasteiger partial charge in [0.2, 0.25) is 6.54 Å². The fourth-order valence-corrected chi connectivity index (χ4v) is 2.73. The molecule has 0 saturated heterocycles. The quantitative estimate of drug-likeness (QED) is 0.461. The minimum absolute atomic E-state index is 0.254. The number of hydrogen-bond donors (Lipinski definition) is 0. The molecular formula is C11H15NO4S. The van der Waals surface area contributed by atoms with Gasteiger partial charge in [-0.05, 0) is 19.1 Å². The number of carbonyl (C=O) groups is 1. The second-order valence-electron chi connectivity index (χ2n) is 3.88. The molecule has 17 heavy (non-hydrogen) atoms. The van der Waals surface area contributed by atoms with Crippen molar-refractivity contribution in [3.63, 3.8) is 0 Å². The molecule has 0 spiro atoms. The van der Waals surface area contributed by atoms with E-state index in [1.807, 2.05) is 19.1 Å². The van der Waals surface area contributed by atoms with Crippen LogP contribution in [0.15, 0.2) is 12.1 Å². The van der Waals surface area contributed by atoms with Crippen LogP contribution in [0, 0.1) is 23.0 Å². The average molecular weight is 257 g/mol. The first-order valence-electron chi connectivity index (χ1n) is 5.21. The zero-order valence-corrected chi connectivity index (χ0v) is 10.8. The van der Waals surface area contributed by atoms with Crippen LogP contribution in [-0.4, -0.2) is 24.5 Å². The lowest BCUT2D eigenvalue weighted by molar-refractivity contribution is -0.484. The second kappa shape index (κ2) is 5.77. The molecule has 0 N–H and O–H groups in total. The standard InChI is InChI=1S/C11H15NO4S/c1-7-4-5-10(17-7)9(6-12(14)15)8(2)11(13)16-3/h4-5,8-9H,6H2,1-3H3/t8?,9-/m0/s1. The van der Waals surface area contributed by atoms with Crippen LogP contribution in [-0.2, 0) is 9.53 Å². The van der Waals surface area contributed by atoms with Gasteiger partial charge in [0.15, 0.2) is 0 Å². The Hall–Kier alpha value is -1.43. The number of thiophene rings is 1. The molecule has 0 radical (unpaired) electrons. The van der Waals surface area contributed by atoms with Crippen LogP contribution < -0.4 is 0 Å². The summed E-state index contributed by atoms with van der Waals surface area (Å²) in [5, 5.41) is 10.7. The fourth-order valence-electron chi connectivity index (χ4n) is 1.66.